The molecule has 25 heavy (non-hydrogen) atoms. The number of nitrogens with zero attached hydrogens (tertiary/aromatic N) is 3. The van der Waals surface area contributed by atoms with Crippen LogP contribution in [0.15, 0.2) is 30.3 Å². The number of nitrogens with one attached hydrogen (secondary N) is 3. The molecule has 4 rings (SSSR count). The number of aromatic amines is 1. The minimum atomic E-state index is 0.581. The quantitative estimate of drug-likeness (QED) is 0.641. The number of rotatable bonds is 4. The Balaban J connectivity index is 1.67. The molecule has 2 heterocycles. The molecule has 0 spiro atoms. The van der Waals surface area contributed by atoms with Crippen LogP contribution in [0.3, 0.4) is 0 Å². The highest BCUT2D eigenvalue weighted by atomic mass is 35.5. The Morgan fingerprint density at radius 3 is 2.60 bits per heavy atom. The fourth-order valence-electron chi connectivity index (χ4n) is 3.02. The van der Waals surface area contributed by atoms with E-state index in [1.165, 1.54) is 5.56 Å². The number of aromatic nitrogens is 4. The molecule has 3 aromatic rings. The highest BCUT2D eigenvalue weighted by molar-refractivity contribution is 6.30. The Hall–Kier alpha value is -2.60. The summed E-state index contributed by atoms with van der Waals surface area (Å²) in [4.78, 5) is 9.40. The molecule has 0 saturated heterocycles. The summed E-state index contributed by atoms with van der Waals surface area (Å²) in [6.45, 7) is 1.97. The van der Waals surface area contributed by atoms with Gasteiger partial charge in [0.2, 0.25) is 5.95 Å². The van der Waals surface area contributed by atoms with Gasteiger partial charge in [-0.05, 0) is 56.9 Å². The monoisotopic (exact) mass is 354 g/mol. The predicted octanol–water partition coefficient (Wildman–Crippen LogP) is 4.53. The van der Waals surface area contributed by atoms with Crippen LogP contribution in [0.25, 0.3) is 0 Å². The fourth-order valence-corrected chi connectivity index (χ4v) is 3.15. The molecular formula is C18H19ClN6. The lowest BCUT2D eigenvalue weighted by Gasteiger charge is -2.19. The SMILES string of the molecule is Cc1cc(Nc2nc(Nc3ccc(Cl)cc3)nc3c2CCCC3)n[nH]1. The summed E-state index contributed by atoms with van der Waals surface area (Å²) in [5, 5.41) is 14.5. The van der Waals surface area contributed by atoms with Gasteiger partial charge in [-0.25, -0.2) is 4.98 Å². The average Bonchev–Trinajstić information content (AvgIpc) is 3.02. The lowest BCUT2D eigenvalue weighted by molar-refractivity contribution is 0.665. The summed E-state index contributed by atoms with van der Waals surface area (Å²) >= 11 is 5.95. The number of hydrogen-bond donors (Lipinski definition) is 3. The van der Waals surface area contributed by atoms with Gasteiger partial charge >= 0.3 is 0 Å². The molecule has 6 nitrogen and oxygen atoms in total. The van der Waals surface area contributed by atoms with Crippen LogP contribution in [0.1, 0.15) is 29.8 Å². The van der Waals surface area contributed by atoms with E-state index < -0.39 is 0 Å². The Morgan fingerprint density at radius 1 is 1.04 bits per heavy atom. The third-order valence-corrected chi connectivity index (χ3v) is 4.49. The molecule has 7 heteroatoms. The van der Waals surface area contributed by atoms with Crippen molar-refractivity contribution in [3.8, 4) is 0 Å². The van der Waals surface area contributed by atoms with E-state index in [0.29, 0.717) is 11.0 Å². The van der Waals surface area contributed by atoms with Crippen molar-refractivity contribution in [1.29, 1.82) is 0 Å². The standard InChI is InChI=1S/C18H19ClN6/c1-11-10-16(25-24-11)22-17-14-4-2-3-5-15(14)21-18(23-17)20-13-8-6-12(19)7-9-13/h6-10H,2-5H2,1H3,(H3,20,21,22,23,24,25). The summed E-state index contributed by atoms with van der Waals surface area (Å²) in [5.41, 5.74) is 4.20. The molecular weight excluding hydrogens is 336 g/mol. The molecule has 3 N–H and O–H groups in total. The van der Waals surface area contributed by atoms with Crippen molar-refractivity contribution < 1.29 is 0 Å². The molecule has 1 aromatic carbocycles. The zero-order valence-electron chi connectivity index (χ0n) is 13.9. The van der Waals surface area contributed by atoms with E-state index in [0.717, 1.165) is 54.4 Å². The molecule has 0 radical (unpaired) electrons. The van der Waals surface area contributed by atoms with Crippen molar-refractivity contribution in [2.24, 2.45) is 0 Å². The lowest BCUT2D eigenvalue weighted by Crippen LogP contribution is -2.13. The van der Waals surface area contributed by atoms with E-state index in [1.807, 2.05) is 37.3 Å². The molecule has 0 amide bonds. The molecule has 128 valence electrons. The van der Waals surface area contributed by atoms with Gasteiger partial charge in [0.1, 0.15) is 5.82 Å². The van der Waals surface area contributed by atoms with Crippen LogP contribution in [0.2, 0.25) is 5.02 Å². The first kappa shape index (κ1) is 15.9. The predicted molar refractivity (Wildman–Crippen MR) is 100 cm³/mol. The molecule has 0 fully saturated rings. The van der Waals surface area contributed by atoms with Gasteiger partial charge in [-0.3, -0.25) is 5.10 Å². The number of halogens is 1. The molecule has 0 saturated carbocycles. The first-order chi connectivity index (χ1) is 12.2. The second kappa shape index (κ2) is 6.72. The minimum absolute atomic E-state index is 0.581. The van der Waals surface area contributed by atoms with Crippen molar-refractivity contribution >= 4 is 34.9 Å². The lowest BCUT2D eigenvalue weighted by atomic mass is 9.96. The molecule has 0 aliphatic heterocycles. The smallest absolute Gasteiger partial charge is 0.229 e. The second-order valence-electron chi connectivity index (χ2n) is 6.22. The van der Waals surface area contributed by atoms with Crippen molar-refractivity contribution in [1.82, 2.24) is 20.2 Å². The van der Waals surface area contributed by atoms with Gasteiger partial charge in [0.25, 0.3) is 0 Å². The van der Waals surface area contributed by atoms with Crippen molar-refractivity contribution in [2.75, 3.05) is 10.6 Å². The highest BCUT2D eigenvalue weighted by Gasteiger charge is 2.18. The average molecular weight is 355 g/mol. The molecule has 1 aliphatic rings. The summed E-state index contributed by atoms with van der Waals surface area (Å²) in [6, 6.07) is 9.47. The van der Waals surface area contributed by atoms with Gasteiger partial charge in [0, 0.05) is 28.0 Å². The Labute approximate surface area is 151 Å². The number of benzene rings is 1. The maximum atomic E-state index is 5.95. The number of fused-ring (bicyclic) bond motifs is 1. The maximum Gasteiger partial charge on any atom is 0.229 e. The second-order valence-corrected chi connectivity index (χ2v) is 6.66. The third-order valence-electron chi connectivity index (χ3n) is 4.24. The van der Waals surface area contributed by atoms with Crippen LogP contribution in [0.5, 0.6) is 0 Å². The molecule has 0 unspecified atom stereocenters. The van der Waals surface area contributed by atoms with Gasteiger partial charge in [-0.1, -0.05) is 11.6 Å². The Morgan fingerprint density at radius 2 is 1.84 bits per heavy atom. The first-order valence-corrected chi connectivity index (χ1v) is 8.76. The molecule has 2 aromatic heterocycles. The third kappa shape index (κ3) is 3.58. The molecule has 0 atom stereocenters. The topological polar surface area (TPSA) is 78.5 Å². The van der Waals surface area contributed by atoms with E-state index >= 15 is 0 Å². The Bertz CT molecular complexity index is 887. The number of anilines is 4. The minimum Gasteiger partial charge on any atom is -0.324 e. The normalized spacial score (nSPS) is 13.4. The van der Waals surface area contributed by atoms with Crippen LogP contribution in [0.4, 0.5) is 23.3 Å². The zero-order chi connectivity index (χ0) is 17.2. The van der Waals surface area contributed by atoms with Crippen LogP contribution in [0, 0.1) is 6.92 Å². The number of H-pyrrole nitrogens is 1. The summed E-state index contributed by atoms with van der Waals surface area (Å²) in [7, 11) is 0. The van der Waals surface area contributed by atoms with Crippen LogP contribution in [-0.4, -0.2) is 20.2 Å². The molecule has 0 bridgehead atoms. The van der Waals surface area contributed by atoms with E-state index in [-0.39, 0.29) is 0 Å². The van der Waals surface area contributed by atoms with Crippen molar-refractivity contribution in [3.63, 3.8) is 0 Å². The van der Waals surface area contributed by atoms with E-state index in [1.54, 1.807) is 0 Å². The maximum absolute atomic E-state index is 5.95. The largest absolute Gasteiger partial charge is 0.324 e. The van der Waals surface area contributed by atoms with E-state index in [2.05, 4.69) is 25.8 Å². The van der Waals surface area contributed by atoms with Gasteiger partial charge in [0.15, 0.2) is 5.82 Å². The van der Waals surface area contributed by atoms with Crippen LogP contribution in [-0.2, 0) is 12.8 Å². The first-order valence-electron chi connectivity index (χ1n) is 8.39. The van der Waals surface area contributed by atoms with E-state index in [9.17, 15) is 0 Å². The summed E-state index contributed by atoms with van der Waals surface area (Å²) in [5.74, 6) is 2.17. The zero-order valence-corrected chi connectivity index (χ0v) is 14.7. The van der Waals surface area contributed by atoms with Crippen molar-refractivity contribution in [3.05, 3.63) is 52.3 Å². The van der Waals surface area contributed by atoms with Gasteiger partial charge in [-0.15, -0.1) is 0 Å². The van der Waals surface area contributed by atoms with Crippen LogP contribution < -0.4 is 10.6 Å². The Kier molecular flexibility index (Phi) is 4.28. The van der Waals surface area contributed by atoms with Crippen molar-refractivity contribution in [2.45, 2.75) is 32.6 Å². The van der Waals surface area contributed by atoms with E-state index in [4.69, 9.17) is 16.6 Å². The fraction of sp³-hybridized carbons (Fsp3) is 0.278. The van der Waals surface area contributed by atoms with Crippen LogP contribution >= 0.6 is 11.6 Å². The molecule has 1 aliphatic carbocycles. The van der Waals surface area contributed by atoms with Gasteiger partial charge in [-0.2, -0.15) is 10.1 Å². The highest BCUT2D eigenvalue weighted by Crippen LogP contribution is 2.29. The number of hydrogen-bond acceptors (Lipinski definition) is 5. The van der Waals surface area contributed by atoms with Gasteiger partial charge in [0.05, 0.1) is 5.69 Å². The van der Waals surface area contributed by atoms with Gasteiger partial charge < -0.3 is 10.6 Å². The number of aryl methyl sites for hydroxylation is 2. The summed E-state index contributed by atoms with van der Waals surface area (Å²) < 4.78 is 0. The summed E-state index contributed by atoms with van der Waals surface area (Å²) in [6.07, 6.45) is 4.28.